The average Bonchev–Trinajstić information content (AvgIpc) is 3.60. The number of nitrogens with zero attached hydrogens (tertiary/aromatic N) is 4. The Morgan fingerprint density at radius 2 is 1.16 bits per heavy atom. The molecule has 1 spiro atoms. The Morgan fingerprint density at radius 1 is 0.569 bits per heavy atom. The second kappa shape index (κ2) is 14.0. The third kappa shape index (κ3) is 5.40. The Hall–Kier alpha value is -6.87. The lowest BCUT2D eigenvalue weighted by Gasteiger charge is -2.45. The van der Waals surface area contributed by atoms with Crippen molar-refractivity contribution in [2.24, 2.45) is 11.8 Å². The van der Waals surface area contributed by atoms with E-state index in [9.17, 15) is 5.26 Å². The third-order valence-electron chi connectivity index (χ3n) is 12.2. The molecule has 3 aliphatic carbocycles. The summed E-state index contributed by atoms with van der Waals surface area (Å²) in [6.45, 7) is 0. The molecule has 0 radical (unpaired) electrons. The zero-order chi connectivity index (χ0) is 38.6. The summed E-state index contributed by atoms with van der Waals surface area (Å²) in [5, 5.41) is 10.5. The van der Waals surface area contributed by atoms with E-state index in [4.69, 9.17) is 15.0 Å². The predicted octanol–water partition coefficient (Wildman–Crippen LogP) is 12.8. The highest BCUT2D eigenvalue weighted by atomic mass is 32.2. The van der Waals surface area contributed by atoms with Gasteiger partial charge < -0.3 is 0 Å². The van der Waals surface area contributed by atoms with Crippen LogP contribution in [0, 0.1) is 23.2 Å². The van der Waals surface area contributed by atoms with Crippen LogP contribution in [0.1, 0.15) is 29.5 Å². The van der Waals surface area contributed by atoms with E-state index in [-0.39, 0.29) is 17.3 Å². The topological polar surface area (TPSA) is 62.5 Å². The highest BCUT2D eigenvalue weighted by Crippen LogP contribution is 2.66. The van der Waals surface area contributed by atoms with Crippen LogP contribution in [0.5, 0.6) is 0 Å². The van der Waals surface area contributed by atoms with Gasteiger partial charge in [0.25, 0.3) is 0 Å². The van der Waals surface area contributed by atoms with Crippen LogP contribution < -0.4 is 0 Å². The summed E-state index contributed by atoms with van der Waals surface area (Å²) in [5.74, 6) is 2.36. The first-order valence-electron chi connectivity index (χ1n) is 19.9. The third-order valence-corrected chi connectivity index (χ3v) is 13.5. The van der Waals surface area contributed by atoms with Gasteiger partial charge in [-0.15, -0.1) is 0 Å². The van der Waals surface area contributed by atoms with Gasteiger partial charge in [-0.05, 0) is 63.9 Å². The molecular weight excluding hydrogens is 725 g/mol. The molecule has 4 aliphatic rings. The minimum absolute atomic E-state index is 0.209. The summed E-state index contributed by atoms with van der Waals surface area (Å²) in [5.41, 5.74) is 13.2. The smallest absolute Gasteiger partial charge is 0.164 e. The van der Waals surface area contributed by atoms with Crippen LogP contribution >= 0.6 is 11.8 Å². The Labute approximate surface area is 342 Å². The summed E-state index contributed by atoms with van der Waals surface area (Å²) in [7, 11) is 0. The number of fused-ring (bicyclic) bond motifs is 8. The molecule has 0 saturated heterocycles. The number of allylic oxidation sites excluding steroid dienone is 8. The number of hydrogen-bond acceptors (Lipinski definition) is 5. The number of hydrogen-bond donors (Lipinski definition) is 0. The highest BCUT2D eigenvalue weighted by Gasteiger charge is 2.57. The van der Waals surface area contributed by atoms with Crippen LogP contribution in [0.4, 0.5) is 0 Å². The molecule has 2 heterocycles. The summed E-state index contributed by atoms with van der Waals surface area (Å²) in [4.78, 5) is 17.5. The number of nitriles is 1. The van der Waals surface area contributed by atoms with Gasteiger partial charge in [0.15, 0.2) is 17.5 Å². The standard InChI is InChI=1S/C53H36N4S/c54-33-40-20-12-26-46-48(40)58-49-41(23-13-27-47(49)53(46)44-24-9-7-21-42(44)43-22-8-10-25-45(43)53)38-18-11-19-39(32-38)52-56-50(36-16-5-2-6-17-36)55-51(57-52)37-30-28-35(29-31-37)34-14-3-1-4-15-34/h1-9,11-24,26-32,42,44H,10,25H2. The van der Waals surface area contributed by atoms with Crippen LogP contribution in [0.3, 0.4) is 0 Å². The van der Waals surface area contributed by atoms with Crippen molar-refractivity contribution in [2.45, 2.75) is 28.0 Å². The van der Waals surface area contributed by atoms with Crippen molar-refractivity contribution in [2.75, 3.05) is 0 Å². The molecule has 58 heavy (non-hydrogen) atoms. The van der Waals surface area contributed by atoms with E-state index in [0.717, 1.165) is 56.7 Å². The van der Waals surface area contributed by atoms with E-state index in [1.165, 1.54) is 32.7 Å². The van der Waals surface area contributed by atoms with Gasteiger partial charge in [-0.25, -0.2) is 15.0 Å². The first-order chi connectivity index (χ1) is 28.7. The minimum Gasteiger partial charge on any atom is -0.208 e. The molecule has 4 nitrogen and oxygen atoms in total. The minimum atomic E-state index is -0.383. The Balaban J connectivity index is 1.07. The summed E-state index contributed by atoms with van der Waals surface area (Å²) < 4.78 is 0. The maximum Gasteiger partial charge on any atom is 0.164 e. The Kier molecular flexibility index (Phi) is 8.27. The summed E-state index contributed by atoms with van der Waals surface area (Å²) >= 11 is 1.75. The molecule has 0 N–H and O–H groups in total. The van der Waals surface area contributed by atoms with E-state index < -0.39 is 0 Å². The van der Waals surface area contributed by atoms with Crippen molar-refractivity contribution in [3.63, 3.8) is 0 Å². The van der Waals surface area contributed by atoms with E-state index in [2.05, 4.69) is 146 Å². The van der Waals surface area contributed by atoms with E-state index >= 15 is 0 Å². The molecule has 11 rings (SSSR count). The van der Waals surface area contributed by atoms with Crippen molar-refractivity contribution in [1.29, 1.82) is 5.26 Å². The Morgan fingerprint density at radius 3 is 1.91 bits per heavy atom. The highest BCUT2D eigenvalue weighted by molar-refractivity contribution is 7.99. The molecule has 274 valence electrons. The van der Waals surface area contributed by atoms with Gasteiger partial charge in [-0.3, -0.25) is 0 Å². The quantitative estimate of drug-likeness (QED) is 0.175. The van der Waals surface area contributed by atoms with Crippen LogP contribution in [-0.2, 0) is 5.41 Å². The lowest BCUT2D eigenvalue weighted by atomic mass is 9.60. The predicted molar refractivity (Wildman–Crippen MR) is 234 cm³/mol. The molecule has 1 aliphatic heterocycles. The summed E-state index contributed by atoms with van der Waals surface area (Å²) in [6, 6.07) is 53.3. The molecule has 1 aromatic heterocycles. The van der Waals surface area contributed by atoms with Crippen LogP contribution in [-0.4, -0.2) is 15.0 Å². The van der Waals surface area contributed by atoms with Gasteiger partial charge in [0.1, 0.15) is 6.07 Å². The molecule has 0 amide bonds. The second-order valence-electron chi connectivity index (χ2n) is 15.3. The van der Waals surface area contributed by atoms with E-state index in [1.54, 1.807) is 11.8 Å². The van der Waals surface area contributed by atoms with Crippen LogP contribution in [0.15, 0.2) is 203 Å². The SMILES string of the molecule is N#Cc1cccc2c1Sc1c(-c3cccc(-c4nc(-c5ccccc5)nc(-c5ccc(-c6ccccc6)cc5)n4)c3)cccc1C21C2=C(C=CCC2)C2C=CC=CC21. The summed E-state index contributed by atoms with van der Waals surface area (Å²) in [6.07, 6.45) is 16.0. The molecular formula is C53H36N4S. The molecule has 0 bridgehead atoms. The first kappa shape index (κ1) is 34.4. The molecule has 6 aromatic carbocycles. The average molecular weight is 761 g/mol. The normalized spacial score (nSPS) is 19.6. The fourth-order valence-corrected chi connectivity index (χ4v) is 11.1. The fourth-order valence-electron chi connectivity index (χ4n) is 9.72. The lowest BCUT2D eigenvalue weighted by molar-refractivity contribution is 0.404. The maximum atomic E-state index is 10.5. The molecule has 3 atom stereocenters. The number of aromatic nitrogens is 3. The van der Waals surface area contributed by atoms with Crippen molar-refractivity contribution in [3.05, 3.63) is 210 Å². The van der Waals surface area contributed by atoms with Gasteiger partial charge in [0, 0.05) is 38.3 Å². The van der Waals surface area contributed by atoms with Gasteiger partial charge in [-0.1, -0.05) is 187 Å². The maximum absolute atomic E-state index is 10.5. The van der Waals surface area contributed by atoms with Crippen LogP contribution in [0.2, 0.25) is 0 Å². The zero-order valence-corrected chi connectivity index (χ0v) is 32.4. The number of benzene rings is 6. The molecule has 0 saturated carbocycles. The zero-order valence-electron chi connectivity index (χ0n) is 31.6. The largest absolute Gasteiger partial charge is 0.208 e. The van der Waals surface area contributed by atoms with Crippen molar-refractivity contribution < 1.29 is 0 Å². The Bertz CT molecular complexity index is 2940. The van der Waals surface area contributed by atoms with Gasteiger partial charge in [0.05, 0.1) is 11.0 Å². The molecule has 7 aromatic rings. The van der Waals surface area contributed by atoms with Crippen LogP contribution in [0.25, 0.3) is 56.4 Å². The van der Waals surface area contributed by atoms with E-state index in [0.29, 0.717) is 17.5 Å². The van der Waals surface area contributed by atoms with Gasteiger partial charge in [0.2, 0.25) is 0 Å². The lowest BCUT2D eigenvalue weighted by Crippen LogP contribution is -2.39. The van der Waals surface area contributed by atoms with Crippen molar-refractivity contribution in [1.82, 2.24) is 15.0 Å². The van der Waals surface area contributed by atoms with Crippen molar-refractivity contribution >= 4 is 11.8 Å². The molecule has 3 unspecified atom stereocenters. The van der Waals surface area contributed by atoms with E-state index in [1.807, 2.05) is 42.5 Å². The van der Waals surface area contributed by atoms with Crippen molar-refractivity contribution in [3.8, 4) is 62.5 Å². The molecule has 0 fully saturated rings. The molecule has 5 heteroatoms. The number of rotatable bonds is 5. The van der Waals surface area contributed by atoms with Gasteiger partial charge in [-0.2, -0.15) is 5.26 Å². The van der Waals surface area contributed by atoms with Gasteiger partial charge >= 0.3 is 0 Å². The fraction of sp³-hybridized carbons (Fsp3) is 0.0943. The first-order valence-corrected chi connectivity index (χ1v) is 20.7. The monoisotopic (exact) mass is 760 g/mol. The second-order valence-corrected chi connectivity index (χ2v) is 16.3.